The van der Waals surface area contributed by atoms with Crippen molar-refractivity contribution in [1.82, 2.24) is 4.90 Å². The van der Waals surface area contributed by atoms with Crippen LogP contribution >= 0.6 is 12.2 Å². The van der Waals surface area contributed by atoms with Gasteiger partial charge in [-0.3, -0.25) is 4.90 Å². The van der Waals surface area contributed by atoms with Gasteiger partial charge < -0.3 is 10.5 Å². The number of hydrogen-bond acceptors (Lipinski definition) is 3. The molecule has 1 aromatic rings. The van der Waals surface area contributed by atoms with Gasteiger partial charge in [0.25, 0.3) is 0 Å². The lowest BCUT2D eigenvalue weighted by Gasteiger charge is -2.24. The first kappa shape index (κ1) is 13.3. The van der Waals surface area contributed by atoms with Crippen LogP contribution in [-0.2, 0) is 6.54 Å². The fourth-order valence-electron chi connectivity index (χ4n) is 2.59. The Morgan fingerprint density at radius 2 is 2.33 bits per heavy atom. The maximum Gasteiger partial charge on any atom is 0.123 e. The van der Waals surface area contributed by atoms with Crippen LogP contribution in [0.2, 0.25) is 0 Å². The van der Waals surface area contributed by atoms with Gasteiger partial charge in [0.05, 0.1) is 18.1 Å². The number of aryl methyl sites for hydroxylation is 1. The highest BCUT2D eigenvalue weighted by atomic mass is 32.1. The Morgan fingerprint density at radius 3 is 3.00 bits per heavy atom. The van der Waals surface area contributed by atoms with Gasteiger partial charge in [0.2, 0.25) is 0 Å². The Bertz CT molecular complexity index is 447. The summed E-state index contributed by atoms with van der Waals surface area (Å²) in [7, 11) is 1.71. The number of likely N-dealkylation sites (tertiary alicyclic amines) is 1. The molecule has 0 spiro atoms. The van der Waals surface area contributed by atoms with E-state index in [1.54, 1.807) is 7.11 Å². The van der Waals surface area contributed by atoms with Gasteiger partial charge in [-0.15, -0.1) is 0 Å². The van der Waals surface area contributed by atoms with Crippen molar-refractivity contribution in [2.45, 2.75) is 32.4 Å². The second-order valence-electron chi connectivity index (χ2n) is 4.85. The van der Waals surface area contributed by atoms with Crippen LogP contribution in [0, 0.1) is 6.92 Å². The summed E-state index contributed by atoms with van der Waals surface area (Å²) in [6.07, 6.45) is 2.24. The van der Waals surface area contributed by atoms with Gasteiger partial charge in [-0.25, -0.2) is 0 Å². The summed E-state index contributed by atoms with van der Waals surface area (Å²) in [5.41, 5.74) is 8.26. The Hall–Kier alpha value is -1.13. The van der Waals surface area contributed by atoms with Crippen molar-refractivity contribution in [3.8, 4) is 5.75 Å². The van der Waals surface area contributed by atoms with Gasteiger partial charge in [-0.2, -0.15) is 0 Å². The zero-order valence-corrected chi connectivity index (χ0v) is 11.8. The standard InChI is InChI=1S/C14H20N2OS/c1-10-5-6-13(17-2)11(8-10)9-16-7-3-4-12(16)14(15)18/h5-6,8,12H,3-4,7,9H2,1-2H3,(H2,15,18). The molecule has 0 aliphatic carbocycles. The lowest BCUT2D eigenvalue weighted by atomic mass is 10.1. The lowest BCUT2D eigenvalue weighted by Crippen LogP contribution is -2.38. The molecule has 98 valence electrons. The highest BCUT2D eigenvalue weighted by molar-refractivity contribution is 7.80. The topological polar surface area (TPSA) is 38.5 Å². The third-order valence-corrected chi connectivity index (χ3v) is 3.77. The molecule has 0 amide bonds. The van der Waals surface area contributed by atoms with Crippen molar-refractivity contribution >= 4 is 17.2 Å². The monoisotopic (exact) mass is 264 g/mol. The number of hydrogen-bond donors (Lipinski definition) is 1. The number of ether oxygens (including phenoxy) is 1. The molecule has 4 heteroatoms. The number of nitrogens with two attached hydrogens (primary N) is 1. The maximum atomic E-state index is 5.80. The number of methoxy groups -OCH3 is 1. The Labute approximate surface area is 114 Å². The van der Waals surface area contributed by atoms with Crippen LogP contribution in [0.15, 0.2) is 18.2 Å². The molecule has 1 aliphatic heterocycles. The van der Waals surface area contributed by atoms with Crippen LogP contribution in [-0.4, -0.2) is 29.6 Å². The van der Waals surface area contributed by atoms with E-state index in [4.69, 9.17) is 22.7 Å². The predicted octanol–water partition coefficient (Wildman–Crippen LogP) is 2.25. The highest BCUT2D eigenvalue weighted by Gasteiger charge is 2.27. The molecular formula is C14H20N2OS. The fraction of sp³-hybridized carbons (Fsp3) is 0.500. The number of nitrogens with zero attached hydrogens (tertiary/aromatic N) is 1. The molecule has 0 radical (unpaired) electrons. The minimum atomic E-state index is 0.241. The molecule has 1 fully saturated rings. The molecule has 0 bridgehead atoms. The minimum Gasteiger partial charge on any atom is -0.496 e. The predicted molar refractivity (Wildman–Crippen MR) is 77.9 cm³/mol. The van der Waals surface area contributed by atoms with Crippen LogP contribution in [0.5, 0.6) is 5.75 Å². The molecule has 1 unspecified atom stereocenters. The summed E-state index contributed by atoms with van der Waals surface area (Å²) in [4.78, 5) is 2.96. The smallest absolute Gasteiger partial charge is 0.123 e. The molecular weight excluding hydrogens is 244 g/mol. The van der Waals surface area contributed by atoms with E-state index in [0.29, 0.717) is 4.99 Å². The average molecular weight is 264 g/mol. The third-order valence-electron chi connectivity index (χ3n) is 3.50. The Kier molecular flexibility index (Phi) is 4.19. The first-order valence-corrected chi connectivity index (χ1v) is 6.69. The Balaban J connectivity index is 2.18. The normalized spacial score (nSPS) is 20.0. The van der Waals surface area contributed by atoms with E-state index in [-0.39, 0.29) is 6.04 Å². The SMILES string of the molecule is COc1ccc(C)cc1CN1CCCC1C(N)=S. The second kappa shape index (κ2) is 5.67. The zero-order chi connectivity index (χ0) is 13.1. The van der Waals surface area contributed by atoms with E-state index in [9.17, 15) is 0 Å². The van der Waals surface area contributed by atoms with Crippen molar-refractivity contribution in [3.63, 3.8) is 0 Å². The van der Waals surface area contributed by atoms with Gasteiger partial charge >= 0.3 is 0 Å². The lowest BCUT2D eigenvalue weighted by molar-refractivity contribution is 0.288. The third kappa shape index (κ3) is 2.82. The van der Waals surface area contributed by atoms with Gasteiger partial charge in [0.1, 0.15) is 5.75 Å². The molecule has 2 N–H and O–H groups in total. The van der Waals surface area contributed by atoms with Crippen molar-refractivity contribution in [3.05, 3.63) is 29.3 Å². The van der Waals surface area contributed by atoms with Crippen LogP contribution < -0.4 is 10.5 Å². The van der Waals surface area contributed by atoms with Crippen molar-refractivity contribution in [1.29, 1.82) is 0 Å². The molecule has 1 aliphatic rings. The van der Waals surface area contributed by atoms with Gasteiger partial charge in [0.15, 0.2) is 0 Å². The number of thiocarbonyl (C=S) groups is 1. The summed E-state index contributed by atoms with van der Waals surface area (Å²) < 4.78 is 5.42. The average Bonchev–Trinajstić information content (AvgIpc) is 2.77. The molecule has 3 nitrogen and oxygen atoms in total. The molecule has 18 heavy (non-hydrogen) atoms. The molecule has 1 saturated heterocycles. The van der Waals surface area contributed by atoms with Crippen molar-refractivity contribution in [2.75, 3.05) is 13.7 Å². The van der Waals surface area contributed by atoms with Gasteiger partial charge in [-0.05, 0) is 32.4 Å². The summed E-state index contributed by atoms with van der Waals surface area (Å²) in [6, 6.07) is 6.51. The summed E-state index contributed by atoms with van der Waals surface area (Å²) >= 11 is 5.14. The zero-order valence-electron chi connectivity index (χ0n) is 11.0. The summed E-state index contributed by atoms with van der Waals surface area (Å²) in [5.74, 6) is 0.939. The highest BCUT2D eigenvalue weighted by Crippen LogP contribution is 2.26. The Morgan fingerprint density at radius 1 is 1.56 bits per heavy atom. The molecule has 0 aromatic heterocycles. The fourth-order valence-corrected chi connectivity index (χ4v) is 2.85. The quantitative estimate of drug-likeness (QED) is 0.847. The second-order valence-corrected chi connectivity index (χ2v) is 5.32. The van der Waals surface area contributed by atoms with Gasteiger partial charge in [-0.1, -0.05) is 29.9 Å². The first-order valence-electron chi connectivity index (χ1n) is 6.28. The summed E-state index contributed by atoms with van der Waals surface area (Å²) in [5, 5.41) is 0. The largest absolute Gasteiger partial charge is 0.496 e. The van der Waals surface area contributed by atoms with Crippen molar-refractivity contribution < 1.29 is 4.74 Å². The minimum absolute atomic E-state index is 0.241. The first-order chi connectivity index (χ1) is 8.61. The molecule has 1 atom stereocenters. The number of rotatable bonds is 4. The molecule has 2 rings (SSSR count). The van der Waals surface area contributed by atoms with E-state index in [0.717, 1.165) is 31.7 Å². The van der Waals surface area contributed by atoms with E-state index >= 15 is 0 Å². The van der Waals surface area contributed by atoms with E-state index < -0.39 is 0 Å². The van der Waals surface area contributed by atoms with E-state index in [1.807, 2.05) is 6.07 Å². The molecule has 1 heterocycles. The van der Waals surface area contributed by atoms with Crippen LogP contribution in [0.1, 0.15) is 24.0 Å². The van der Waals surface area contributed by atoms with E-state index in [1.165, 1.54) is 11.1 Å². The van der Waals surface area contributed by atoms with Crippen LogP contribution in [0.4, 0.5) is 0 Å². The number of benzene rings is 1. The maximum absolute atomic E-state index is 5.80. The molecule has 0 saturated carbocycles. The van der Waals surface area contributed by atoms with Gasteiger partial charge in [0, 0.05) is 12.1 Å². The van der Waals surface area contributed by atoms with Crippen LogP contribution in [0.25, 0.3) is 0 Å². The van der Waals surface area contributed by atoms with E-state index in [2.05, 4.69) is 24.0 Å². The summed E-state index contributed by atoms with van der Waals surface area (Å²) in [6.45, 7) is 4.00. The van der Waals surface area contributed by atoms with Crippen molar-refractivity contribution in [2.24, 2.45) is 5.73 Å². The molecule has 1 aromatic carbocycles. The van der Waals surface area contributed by atoms with Crippen LogP contribution in [0.3, 0.4) is 0 Å².